The maximum atomic E-state index is 12.3. The van der Waals surface area contributed by atoms with Crippen LogP contribution in [-0.4, -0.2) is 30.2 Å². The van der Waals surface area contributed by atoms with Gasteiger partial charge in [0.05, 0.1) is 6.54 Å². The van der Waals surface area contributed by atoms with Crippen molar-refractivity contribution in [3.05, 3.63) is 21.4 Å². The third-order valence-corrected chi connectivity index (χ3v) is 3.85. The Kier molecular flexibility index (Phi) is 5.63. The lowest BCUT2D eigenvalue weighted by atomic mass is 10.1. The van der Waals surface area contributed by atoms with E-state index in [1.165, 1.54) is 11.9 Å². The number of hydrogen-bond acceptors (Lipinski definition) is 3. The minimum Gasteiger partial charge on any atom is -0.307 e. The van der Waals surface area contributed by atoms with Crippen molar-refractivity contribution in [2.75, 3.05) is 13.6 Å². The molecule has 0 aliphatic carbocycles. The molecule has 1 heterocycles. The molecule has 0 spiro atoms. The molecule has 0 amide bonds. The summed E-state index contributed by atoms with van der Waals surface area (Å²) in [5.41, 5.74) is 1.01. The first-order valence-corrected chi connectivity index (χ1v) is 7.36. The normalized spacial score (nSPS) is 13.2. The van der Waals surface area contributed by atoms with Gasteiger partial charge in [-0.1, -0.05) is 0 Å². The molecule has 1 N–H and O–H groups in total. The molecule has 6 heteroatoms. The molecule has 0 aliphatic heterocycles. The molecular weight excluding hydrogens is 285 g/mol. The molecule has 0 fully saturated rings. The van der Waals surface area contributed by atoms with Gasteiger partial charge >= 0.3 is 6.18 Å². The summed E-state index contributed by atoms with van der Waals surface area (Å²) in [5, 5.41) is 3.39. The second-order valence-electron chi connectivity index (χ2n) is 6.19. The SMILES string of the molecule is Cc1sc(CNC(C)(C)C)cc1CN(C)CC(F)(F)F. The first kappa shape index (κ1) is 17.5. The van der Waals surface area contributed by atoms with E-state index < -0.39 is 12.7 Å². The topological polar surface area (TPSA) is 15.3 Å². The molecule has 0 radical (unpaired) electrons. The largest absolute Gasteiger partial charge is 0.401 e. The molecule has 20 heavy (non-hydrogen) atoms. The summed E-state index contributed by atoms with van der Waals surface area (Å²) in [4.78, 5) is 3.55. The maximum Gasteiger partial charge on any atom is 0.401 e. The highest BCUT2D eigenvalue weighted by molar-refractivity contribution is 7.12. The summed E-state index contributed by atoms with van der Waals surface area (Å²) in [5.74, 6) is 0. The van der Waals surface area contributed by atoms with E-state index in [-0.39, 0.29) is 5.54 Å². The summed E-state index contributed by atoms with van der Waals surface area (Å²) in [6, 6.07) is 2.01. The van der Waals surface area contributed by atoms with Crippen molar-refractivity contribution >= 4 is 11.3 Å². The molecule has 0 saturated carbocycles. The van der Waals surface area contributed by atoms with Gasteiger partial charge in [0.1, 0.15) is 0 Å². The fourth-order valence-electron chi connectivity index (χ4n) is 1.84. The molecule has 0 unspecified atom stereocenters. The van der Waals surface area contributed by atoms with Gasteiger partial charge in [-0.05, 0) is 46.4 Å². The summed E-state index contributed by atoms with van der Waals surface area (Å²) in [6.07, 6.45) is -4.14. The molecule has 0 atom stereocenters. The Labute approximate surface area is 123 Å². The second-order valence-corrected chi connectivity index (χ2v) is 7.53. The minimum atomic E-state index is -4.14. The van der Waals surface area contributed by atoms with Crippen LogP contribution in [0, 0.1) is 6.92 Å². The van der Waals surface area contributed by atoms with E-state index in [1.807, 2.05) is 13.0 Å². The summed E-state index contributed by atoms with van der Waals surface area (Å²) < 4.78 is 37.0. The molecule has 116 valence electrons. The fourth-order valence-corrected chi connectivity index (χ4v) is 2.83. The van der Waals surface area contributed by atoms with Crippen molar-refractivity contribution in [2.45, 2.75) is 52.5 Å². The summed E-state index contributed by atoms with van der Waals surface area (Å²) in [6.45, 7) is 8.43. The number of nitrogens with zero attached hydrogens (tertiary/aromatic N) is 1. The Morgan fingerprint density at radius 3 is 2.35 bits per heavy atom. The number of halogens is 3. The lowest BCUT2D eigenvalue weighted by molar-refractivity contribution is -0.144. The van der Waals surface area contributed by atoms with E-state index in [2.05, 4.69) is 26.1 Å². The van der Waals surface area contributed by atoms with Gasteiger partial charge in [-0.3, -0.25) is 4.90 Å². The Bertz CT molecular complexity index is 433. The van der Waals surface area contributed by atoms with Crippen LogP contribution in [0.1, 0.15) is 36.1 Å². The van der Waals surface area contributed by atoms with Crippen molar-refractivity contribution in [1.82, 2.24) is 10.2 Å². The van der Waals surface area contributed by atoms with Gasteiger partial charge in [0.2, 0.25) is 0 Å². The number of rotatable bonds is 5. The average Bonchev–Trinajstić information content (AvgIpc) is 2.53. The molecular formula is C14H23F3N2S. The van der Waals surface area contributed by atoms with Crippen LogP contribution < -0.4 is 5.32 Å². The monoisotopic (exact) mass is 308 g/mol. The Morgan fingerprint density at radius 1 is 1.25 bits per heavy atom. The van der Waals surface area contributed by atoms with Crippen LogP contribution in [0.2, 0.25) is 0 Å². The van der Waals surface area contributed by atoms with Gasteiger partial charge in [0.15, 0.2) is 0 Å². The molecule has 0 aliphatic rings. The molecule has 0 saturated heterocycles. The highest BCUT2D eigenvalue weighted by Gasteiger charge is 2.29. The third kappa shape index (κ3) is 6.72. The van der Waals surface area contributed by atoms with Crippen molar-refractivity contribution in [2.24, 2.45) is 0 Å². The summed E-state index contributed by atoms with van der Waals surface area (Å²) >= 11 is 1.64. The van der Waals surface area contributed by atoms with Gasteiger partial charge in [0.25, 0.3) is 0 Å². The van der Waals surface area contributed by atoms with Crippen LogP contribution in [0.25, 0.3) is 0 Å². The minimum absolute atomic E-state index is 0.0329. The zero-order valence-corrected chi connectivity index (χ0v) is 13.5. The molecule has 2 nitrogen and oxygen atoms in total. The Balaban J connectivity index is 2.61. The second kappa shape index (κ2) is 6.45. The number of nitrogens with one attached hydrogen (secondary N) is 1. The van der Waals surface area contributed by atoms with Gasteiger partial charge in [-0.25, -0.2) is 0 Å². The van der Waals surface area contributed by atoms with Crippen molar-refractivity contribution in [1.29, 1.82) is 0 Å². The van der Waals surface area contributed by atoms with Crippen LogP contribution in [-0.2, 0) is 13.1 Å². The van der Waals surface area contributed by atoms with Gasteiger partial charge < -0.3 is 5.32 Å². The fraction of sp³-hybridized carbons (Fsp3) is 0.714. The molecule has 1 aromatic rings. The first-order chi connectivity index (χ1) is 8.96. The molecule has 0 aromatic carbocycles. The lowest BCUT2D eigenvalue weighted by Crippen LogP contribution is -2.34. The molecule has 0 bridgehead atoms. The van der Waals surface area contributed by atoms with Crippen LogP contribution in [0.4, 0.5) is 13.2 Å². The van der Waals surface area contributed by atoms with E-state index in [0.29, 0.717) is 6.54 Å². The van der Waals surface area contributed by atoms with Crippen LogP contribution in [0.15, 0.2) is 6.07 Å². The van der Waals surface area contributed by atoms with Crippen LogP contribution in [0.3, 0.4) is 0 Å². The van der Waals surface area contributed by atoms with Crippen LogP contribution >= 0.6 is 11.3 Å². The van der Waals surface area contributed by atoms with Crippen molar-refractivity contribution in [3.8, 4) is 0 Å². The predicted octanol–water partition coefficient (Wildman–Crippen LogP) is 3.94. The molecule has 1 rings (SSSR count). The lowest BCUT2D eigenvalue weighted by Gasteiger charge is -2.19. The number of aryl methyl sites for hydroxylation is 1. The number of hydrogen-bond donors (Lipinski definition) is 1. The van der Waals surface area contributed by atoms with Crippen LogP contribution in [0.5, 0.6) is 0 Å². The zero-order valence-electron chi connectivity index (χ0n) is 12.7. The standard InChI is InChI=1S/C14H23F3N2S/c1-10-11(8-19(5)9-14(15,16)17)6-12(20-10)7-18-13(2,3)4/h6,18H,7-9H2,1-5H3. The number of thiophene rings is 1. The van der Waals surface area contributed by atoms with Crippen molar-refractivity contribution < 1.29 is 13.2 Å². The Morgan fingerprint density at radius 2 is 1.85 bits per heavy atom. The zero-order chi connectivity index (χ0) is 15.6. The van der Waals surface area contributed by atoms with Gasteiger partial charge in [0, 0.05) is 28.4 Å². The first-order valence-electron chi connectivity index (χ1n) is 6.55. The van der Waals surface area contributed by atoms with Gasteiger partial charge in [-0.15, -0.1) is 11.3 Å². The van der Waals surface area contributed by atoms with E-state index in [0.717, 1.165) is 21.9 Å². The maximum absolute atomic E-state index is 12.3. The van der Waals surface area contributed by atoms with E-state index in [4.69, 9.17) is 0 Å². The van der Waals surface area contributed by atoms with E-state index in [9.17, 15) is 13.2 Å². The van der Waals surface area contributed by atoms with E-state index >= 15 is 0 Å². The Hall–Kier alpha value is -0.590. The quantitative estimate of drug-likeness (QED) is 0.886. The number of alkyl halides is 3. The average molecular weight is 308 g/mol. The van der Waals surface area contributed by atoms with Crippen molar-refractivity contribution in [3.63, 3.8) is 0 Å². The summed E-state index contributed by atoms with van der Waals surface area (Å²) in [7, 11) is 1.50. The van der Waals surface area contributed by atoms with Gasteiger partial charge in [-0.2, -0.15) is 13.2 Å². The highest BCUT2D eigenvalue weighted by atomic mass is 32.1. The third-order valence-electron chi connectivity index (χ3n) is 2.75. The predicted molar refractivity (Wildman–Crippen MR) is 78.0 cm³/mol. The van der Waals surface area contributed by atoms with E-state index in [1.54, 1.807) is 11.3 Å². The highest BCUT2D eigenvalue weighted by Crippen LogP contribution is 2.24. The smallest absolute Gasteiger partial charge is 0.307 e. The molecule has 1 aromatic heterocycles.